The van der Waals surface area contributed by atoms with Crippen molar-refractivity contribution < 1.29 is 0 Å². The molecule has 0 N–H and O–H groups in total. The third kappa shape index (κ3) is 5.56. The Kier molecular flexibility index (Phi) is 7.97. The lowest BCUT2D eigenvalue weighted by Gasteiger charge is -2.12. The van der Waals surface area contributed by atoms with E-state index < -0.39 is 0 Å². The lowest BCUT2D eigenvalue weighted by Crippen LogP contribution is -1.94. The number of aromatic nitrogens is 2. The molecule has 2 heteroatoms. The molecule has 9 aromatic carbocycles. The number of rotatable bonds is 6. The second-order valence-electron chi connectivity index (χ2n) is 15.5. The minimum Gasteiger partial charge on any atom is -0.309 e. The molecule has 11 aromatic rings. The number of hydrogen-bond acceptors (Lipinski definition) is 0. The van der Waals surface area contributed by atoms with Crippen LogP contribution in [0.3, 0.4) is 0 Å². The Morgan fingerprint density at radius 1 is 0.259 bits per heavy atom. The van der Waals surface area contributed by atoms with E-state index >= 15 is 0 Å². The molecule has 0 spiro atoms. The number of para-hydroxylation sites is 2. The average molecular weight is 741 g/mol. The molecule has 0 aliphatic carbocycles. The summed E-state index contributed by atoms with van der Waals surface area (Å²) in [4.78, 5) is 0. The highest BCUT2D eigenvalue weighted by molar-refractivity contribution is 6.11. The first-order chi connectivity index (χ1) is 28.6. The molecule has 0 amide bonds. The van der Waals surface area contributed by atoms with Gasteiger partial charge >= 0.3 is 0 Å². The van der Waals surface area contributed by atoms with Crippen molar-refractivity contribution in [2.75, 3.05) is 0 Å². The quantitative estimate of drug-likeness (QED) is 0.161. The monoisotopic (exact) mass is 740 g/mol. The summed E-state index contributed by atoms with van der Waals surface area (Å²) in [6.07, 6.45) is 0. The number of fused-ring (bicyclic) bond motifs is 6. The lowest BCUT2D eigenvalue weighted by atomic mass is 9.98. The summed E-state index contributed by atoms with van der Waals surface area (Å²) in [5.74, 6) is 0. The van der Waals surface area contributed by atoms with Crippen molar-refractivity contribution in [3.05, 3.63) is 217 Å². The van der Waals surface area contributed by atoms with Gasteiger partial charge in [-0.15, -0.1) is 0 Å². The van der Waals surface area contributed by atoms with Crippen molar-refractivity contribution in [1.29, 1.82) is 0 Å². The van der Waals surface area contributed by atoms with Crippen LogP contribution < -0.4 is 0 Å². The Labute approximate surface area is 338 Å². The molecule has 0 fully saturated rings. The Hall–Kier alpha value is -7.42. The summed E-state index contributed by atoms with van der Waals surface area (Å²) < 4.78 is 4.82. The lowest BCUT2D eigenvalue weighted by molar-refractivity contribution is 1.18. The Morgan fingerprint density at radius 2 is 0.638 bits per heavy atom. The second-order valence-corrected chi connectivity index (χ2v) is 15.5. The maximum Gasteiger partial charge on any atom is 0.0547 e. The predicted octanol–water partition coefficient (Wildman–Crippen LogP) is 15.2. The Balaban J connectivity index is 0.938. The van der Waals surface area contributed by atoms with Crippen LogP contribution in [0.25, 0.3) is 99.5 Å². The van der Waals surface area contributed by atoms with Crippen LogP contribution in [0.2, 0.25) is 0 Å². The second kappa shape index (κ2) is 13.7. The Morgan fingerprint density at radius 3 is 1.09 bits per heavy atom. The zero-order chi connectivity index (χ0) is 38.7. The molecule has 2 nitrogen and oxygen atoms in total. The number of aryl methyl sites for hydroxylation is 2. The first kappa shape index (κ1) is 33.9. The highest BCUT2D eigenvalue weighted by atomic mass is 15.0. The number of benzene rings is 9. The average Bonchev–Trinajstić information content (AvgIpc) is 3.79. The topological polar surface area (TPSA) is 9.86 Å². The van der Waals surface area contributed by atoms with Gasteiger partial charge < -0.3 is 9.13 Å². The molecule has 0 saturated carbocycles. The van der Waals surface area contributed by atoms with Crippen LogP contribution in [0.5, 0.6) is 0 Å². The van der Waals surface area contributed by atoms with E-state index in [0.29, 0.717) is 0 Å². The minimum atomic E-state index is 1.15. The fraction of sp³-hybridized carbons (Fsp3) is 0.0357. The molecule has 11 rings (SSSR count). The van der Waals surface area contributed by atoms with Crippen molar-refractivity contribution in [2.45, 2.75) is 13.8 Å². The van der Waals surface area contributed by atoms with Gasteiger partial charge in [0.25, 0.3) is 0 Å². The van der Waals surface area contributed by atoms with Crippen molar-refractivity contribution in [2.24, 2.45) is 0 Å². The largest absolute Gasteiger partial charge is 0.309 e. The molecule has 0 saturated heterocycles. The molecule has 274 valence electrons. The zero-order valence-electron chi connectivity index (χ0n) is 32.5. The van der Waals surface area contributed by atoms with E-state index in [0.717, 1.165) is 11.4 Å². The Bertz CT molecular complexity index is 3120. The summed E-state index contributed by atoms with van der Waals surface area (Å²) in [7, 11) is 0. The van der Waals surface area contributed by atoms with E-state index in [1.165, 1.54) is 99.2 Å². The normalized spacial score (nSPS) is 11.6. The third-order valence-corrected chi connectivity index (χ3v) is 12.0. The molecule has 0 radical (unpaired) electrons. The van der Waals surface area contributed by atoms with Crippen LogP contribution >= 0.6 is 0 Å². The molecule has 0 atom stereocenters. The number of hydrogen-bond donors (Lipinski definition) is 0. The van der Waals surface area contributed by atoms with Crippen LogP contribution in [-0.2, 0) is 0 Å². The van der Waals surface area contributed by atoms with Crippen molar-refractivity contribution in [3.63, 3.8) is 0 Å². The molecule has 0 bridgehead atoms. The first-order valence-corrected chi connectivity index (χ1v) is 20.1. The van der Waals surface area contributed by atoms with Gasteiger partial charge in [0, 0.05) is 32.9 Å². The summed E-state index contributed by atoms with van der Waals surface area (Å²) in [5, 5.41) is 5.06. The van der Waals surface area contributed by atoms with Crippen molar-refractivity contribution >= 4 is 43.6 Å². The first-order valence-electron chi connectivity index (χ1n) is 20.1. The number of nitrogens with zero attached hydrogens (tertiary/aromatic N) is 2. The maximum atomic E-state index is 2.41. The SMILES string of the molecule is Cc1ccccc1-c1ccc2c3ccccc3n(-c3ccc(-c4cccc(-c5ccc(-n6c7ccccc7c7ccc(-c8ccccc8C)cc76)cc5)c4)cc3)c2c1. The summed E-state index contributed by atoms with van der Waals surface area (Å²) in [5.41, 5.74) is 19.5. The standard InChI is InChI=1S/C56H40N2/c1-37-12-3-5-16-47(37)43-26-32-51-49-18-7-9-20-53(49)57(55(51)35-43)45-28-22-39(23-29-45)41-14-11-15-42(34-41)40-24-30-46(31-25-40)58-54-21-10-8-19-50(54)52-33-27-44(36-56(52)58)48-17-6-4-13-38(48)2/h3-36H,1-2H3. The van der Waals surface area contributed by atoms with E-state index in [9.17, 15) is 0 Å². The van der Waals surface area contributed by atoms with Gasteiger partial charge in [-0.05, 0) is 124 Å². The van der Waals surface area contributed by atoms with E-state index in [2.05, 4.69) is 229 Å². The highest BCUT2D eigenvalue weighted by Gasteiger charge is 2.16. The van der Waals surface area contributed by atoms with Gasteiger partial charge in [0.2, 0.25) is 0 Å². The van der Waals surface area contributed by atoms with Gasteiger partial charge in [0.05, 0.1) is 22.1 Å². The van der Waals surface area contributed by atoms with Gasteiger partial charge in [-0.2, -0.15) is 0 Å². The summed E-state index contributed by atoms with van der Waals surface area (Å²) in [6.45, 7) is 4.37. The van der Waals surface area contributed by atoms with E-state index in [4.69, 9.17) is 0 Å². The fourth-order valence-corrected chi connectivity index (χ4v) is 9.11. The van der Waals surface area contributed by atoms with Gasteiger partial charge in [-0.3, -0.25) is 0 Å². The van der Waals surface area contributed by atoms with Crippen LogP contribution in [0, 0.1) is 13.8 Å². The third-order valence-electron chi connectivity index (χ3n) is 12.0. The summed E-state index contributed by atoms with van der Waals surface area (Å²) in [6, 6.07) is 75.6. The smallest absolute Gasteiger partial charge is 0.0547 e. The molecule has 2 aromatic heterocycles. The predicted molar refractivity (Wildman–Crippen MR) is 246 cm³/mol. The molecule has 0 unspecified atom stereocenters. The molecule has 0 aliphatic heterocycles. The van der Waals surface area contributed by atoms with Crippen LogP contribution in [0.15, 0.2) is 206 Å². The minimum absolute atomic E-state index is 1.15. The van der Waals surface area contributed by atoms with Gasteiger partial charge in [-0.1, -0.05) is 152 Å². The van der Waals surface area contributed by atoms with Gasteiger partial charge in [-0.25, -0.2) is 0 Å². The van der Waals surface area contributed by atoms with Crippen LogP contribution in [0.4, 0.5) is 0 Å². The van der Waals surface area contributed by atoms with E-state index in [-0.39, 0.29) is 0 Å². The van der Waals surface area contributed by atoms with E-state index in [1.54, 1.807) is 0 Å². The molecule has 2 heterocycles. The maximum absolute atomic E-state index is 2.41. The molecular weight excluding hydrogens is 701 g/mol. The molecular formula is C56H40N2. The van der Waals surface area contributed by atoms with Crippen molar-refractivity contribution in [1.82, 2.24) is 9.13 Å². The summed E-state index contributed by atoms with van der Waals surface area (Å²) >= 11 is 0. The van der Waals surface area contributed by atoms with Crippen LogP contribution in [0.1, 0.15) is 11.1 Å². The molecule has 0 aliphatic rings. The van der Waals surface area contributed by atoms with Gasteiger partial charge in [0.15, 0.2) is 0 Å². The van der Waals surface area contributed by atoms with E-state index in [1.807, 2.05) is 0 Å². The fourth-order valence-electron chi connectivity index (χ4n) is 9.11. The zero-order valence-corrected chi connectivity index (χ0v) is 32.5. The van der Waals surface area contributed by atoms with Crippen molar-refractivity contribution in [3.8, 4) is 55.9 Å². The van der Waals surface area contributed by atoms with Gasteiger partial charge in [0.1, 0.15) is 0 Å². The van der Waals surface area contributed by atoms with Crippen LogP contribution in [-0.4, -0.2) is 9.13 Å². The highest BCUT2D eigenvalue weighted by Crippen LogP contribution is 2.38. The molecule has 58 heavy (non-hydrogen) atoms.